The number of benzene rings is 2. The van der Waals surface area contributed by atoms with E-state index in [-0.39, 0.29) is 11.9 Å². The second-order valence-electron chi connectivity index (χ2n) is 6.61. The van der Waals surface area contributed by atoms with Gasteiger partial charge in [-0.15, -0.1) is 0 Å². The molecule has 29 heavy (non-hydrogen) atoms. The van der Waals surface area contributed by atoms with E-state index in [1.165, 1.54) is 0 Å². The highest BCUT2D eigenvalue weighted by molar-refractivity contribution is 5.96. The summed E-state index contributed by atoms with van der Waals surface area (Å²) in [4.78, 5) is 23.6. The summed E-state index contributed by atoms with van der Waals surface area (Å²) in [5.41, 5.74) is 7.20. The fourth-order valence-corrected chi connectivity index (χ4v) is 2.85. The third kappa shape index (κ3) is 6.22. The lowest BCUT2D eigenvalue weighted by atomic mass is 10.1. The van der Waals surface area contributed by atoms with E-state index in [1.807, 2.05) is 39.0 Å². The number of anilines is 1. The van der Waals surface area contributed by atoms with Gasteiger partial charge in [-0.1, -0.05) is 6.07 Å². The first-order valence-electron chi connectivity index (χ1n) is 9.72. The van der Waals surface area contributed by atoms with Crippen molar-refractivity contribution in [3.05, 3.63) is 53.6 Å². The van der Waals surface area contributed by atoms with Crippen LogP contribution in [0.25, 0.3) is 0 Å². The van der Waals surface area contributed by atoms with Crippen molar-refractivity contribution in [1.82, 2.24) is 5.32 Å². The van der Waals surface area contributed by atoms with Crippen LogP contribution in [-0.2, 0) is 4.79 Å². The maximum absolute atomic E-state index is 12.5. The van der Waals surface area contributed by atoms with Gasteiger partial charge in [0.25, 0.3) is 0 Å². The second kappa shape index (κ2) is 10.5. The highest BCUT2D eigenvalue weighted by Crippen LogP contribution is 2.30. The number of carbonyl (C=O) groups excluding carboxylic acids is 2. The lowest BCUT2D eigenvalue weighted by Crippen LogP contribution is -2.39. The molecule has 7 nitrogen and oxygen atoms in total. The molecule has 0 aliphatic heterocycles. The van der Waals surface area contributed by atoms with Gasteiger partial charge in [0, 0.05) is 17.3 Å². The van der Waals surface area contributed by atoms with Gasteiger partial charge in [-0.25, -0.2) is 0 Å². The Hall–Kier alpha value is -3.06. The van der Waals surface area contributed by atoms with Gasteiger partial charge in [-0.05, 0) is 69.7 Å². The van der Waals surface area contributed by atoms with E-state index in [2.05, 4.69) is 10.6 Å². The number of ether oxygens (including phenoxy) is 2. The van der Waals surface area contributed by atoms with Crippen molar-refractivity contribution in [2.75, 3.05) is 18.5 Å². The summed E-state index contributed by atoms with van der Waals surface area (Å²) < 4.78 is 11.3. The maximum atomic E-state index is 12.5. The minimum Gasteiger partial charge on any atom is -0.490 e. The summed E-state index contributed by atoms with van der Waals surface area (Å²) in [5, 5.41) is 6.11. The van der Waals surface area contributed by atoms with Crippen LogP contribution in [0.15, 0.2) is 42.5 Å². The summed E-state index contributed by atoms with van der Waals surface area (Å²) >= 11 is 0. The Kier molecular flexibility index (Phi) is 8.03. The number of hydrogen-bond donors (Lipinski definition) is 3. The molecule has 0 fully saturated rings. The van der Waals surface area contributed by atoms with Gasteiger partial charge in [0.1, 0.15) is 0 Å². The molecule has 2 amide bonds. The zero-order valence-corrected chi connectivity index (χ0v) is 17.3. The maximum Gasteiger partial charge on any atom is 0.248 e. The van der Waals surface area contributed by atoms with Gasteiger partial charge in [-0.2, -0.15) is 0 Å². The molecule has 0 spiro atoms. The Labute approximate surface area is 171 Å². The van der Waals surface area contributed by atoms with E-state index in [0.717, 1.165) is 5.56 Å². The van der Waals surface area contributed by atoms with Crippen LogP contribution in [0.4, 0.5) is 5.69 Å². The molecule has 0 bridgehead atoms. The first-order chi connectivity index (χ1) is 13.8. The Morgan fingerprint density at radius 3 is 2.17 bits per heavy atom. The summed E-state index contributed by atoms with van der Waals surface area (Å²) in [6.45, 7) is 8.73. The third-order valence-electron chi connectivity index (χ3n) is 4.40. The molecule has 2 rings (SSSR count). The molecule has 0 unspecified atom stereocenters. The average molecular weight is 399 g/mol. The first-order valence-corrected chi connectivity index (χ1v) is 9.72. The molecule has 2 aromatic carbocycles. The third-order valence-corrected chi connectivity index (χ3v) is 4.40. The number of rotatable bonds is 10. The molecule has 4 N–H and O–H groups in total. The van der Waals surface area contributed by atoms with E-state index in [9.17, 15) is 9.59 Å². The molecule has 2 atom stereocenters. The molecule has 0 radical (unpaired) electrons. The van der Waals surface area contributed by atoms with Crippen molar-refractivity contribution in [2.45, 2.75) is 39.8 Å². The smallest absolute Gasteiger partial charge is 0.248 e. The molecule has 0 aliphatic rings. The zero-order valence-electron chi connectivity index (χ0n) is 17.3. The molecule has 0 aliphatic carbocycles. The molecule has 0 aromatic heterocycles. The van der Waals surface area contributed by atoms with Crippen LogP contribution < -0.4 is 25.8 Å². The van der Waals surface area contributed by atoms with Crippen LogP contribution >= 0.6 is 0 Å². The normalized spacial score (nSPS) is 12.7. The van der Waals surface area contributed by atoms with Crippen molar-refractivity contribution in [1.29, 1.82) is 0 Å². The van der Waals surface area contributed by atoms with Gasteiger partial charge in [0.15, 0.2) is 11.5 Å². The first kappa shape index (κ1) is 22.2. The SMILES string of the molecule is CCOc1ccc([C@H](C)N[C@H](C)C(=O)Nc2ccc(C(N)=O)cc2)cc1OCC. The fourth-order valence-electron chi connectivity index (χ4n) is 2.85. The Morgan fingerprint density at radius 1 is 0.966 bits per heavy atom. The summed E-state index contributed by atoms with van der Waals surface area (Å²) in [7, 11) is 0. The van der Waals surface area contributed by atoms with Crippen LogP contribution in [0.2, 0.25) is 0 Å². The van der Waals surface area contributed by atoms with Crippen molar-refractivity contribution < 1.29 is 19.1 Å². The monoisotopic (exact) mass is 399 g/mol. The highest BCUT2D eigenvalue weighted by atomic mass is 16.5. The molecule has 0 heterocycles. The number of carbonyl (C=O) groups is 2. The highest BCUT2D eigenvalue weighted by Gasteiger charge is 2.18. The van der Waals surface area contributed by atoms with Crippen LogP contribution in [0.1, 0.15) is 49.7 Å². The Balaban J connectivity index is 2.01. The summed E-state index contributed by atoms with van der Waals surface area (Å²) in [5.74, 6) is 0.704. The molecule has 7 heteroatoms. The van der Waals surface area contributed by atoms with Gasteiger partial charge >= 0.3 is 0 Å². The minimum atomic E-state index is -0.506. The van der Waals surface area contributed by atoms with Crippen LogP contribution in [-0.4, -0.2) is 31.1 Å². The van der Waals surface area contributed by atoms with E-state index in [1.54, 1.807) is 31.2 Å². The number of primary amides is 1. The number of hydrogen-bond acceptors (Lipinski definition) is 5. The molecular weight excluding hydrogens is 370 g/mol. The van der Waals surface area contributed by atoms with Crippen molar-refractivity contribution in [2.24, 2.45) is 5.73 Å². The van der Waals surface area contributed by atoms with Crippen molar-refractivity contribution in [3.63, 3.8) is 0 Å². The topological polar surface area (TPSA) is 103 Å². The number of nitrogens with two attached hydrogens (primary N) is 1. The molecular formula is C22H29N3O4. The zero-order chi connectivity index (χ0) is 21.4. The fraction of sp³-hybridized carbons (Fsp3) is 0.364. The largest absolute Gasteiger partial charge is 0.490 e. The van der Waals surface area contributed by atoms with E-state index >= 15 is 0 Å². The summed E-state index contributed by atoms with van der Waals surface area (Å²) in [6, 6.07) is 11.7. The molecule has 156 valence electrons. The molecule has 2 aromatic rings. The van der Waals surface area contributed by atoms with E-state index in [0.29, 0.717) is 36.0 Å². The standard InChI is InChI=1S/C22H29N3O4/c1-5-28-19-12-9-17(13-20(19)29-6-2)14(3)24-15(4)22(27)25-18-10-7-16(8-11-18)21(23)26/h7-15,24H,5-6H2,1-4H3,(H2,23,26)(H,25,27)/t14-,15+/m0/s1. The van der Waals surface area contributed by atoms with Crippen LogP contribution in [0.3, 0.4) is 0 Å². The minimum absolute atomic E-state index is 0.0807. The van der Waals surface area contributed by atoms with Gasteiger partial charge in [-0.3, -0.25) is 14.9 Å². The van der Waals surface area contributed by atoms with Crippen molar-refractivity contribution in [3.8, 4) is 11.5 Å². The second-order valence-corrected chi connectivity index (χ2v) is 6.61. The van der Waals surface area contributed by atoms with Crippen molar-refractivity contribution >= 4 is 17.5 Å². The Morgan fingerprint density at radius 2 is 1.59 bits per heavy atom. The van der Waals surface area contributed by atoms with Crippen LogP contribution in [0.5, 0.6) is 11.5 Å². The quantitative estimate of drug-likeness (QED) is 0.569. The lowest BCUT2D eigenvalue weighted by Gasteiger charge is -2.21. The number of nitrogens with one attached hydrogen (secondary N) is 2. The van der Waals surface area contributed by atoms with Gasteiger partial charge < -0.3 is 20.5 Å². The average Bonchev–Trinajstić information content (AvgIpc) is 2.69. The number of amides is 2. The van der Waals surface area contributed by atoms with E-state index < -0.39 is 11.9 Å². The Bertz CT molecular complexity index is 836. The summed E-state index contributed by atoms with van der Waals surface area (Å²) in [6.07, 6.45) is 0. The molecule has 0 saturated heterocycles. The molecule has 0 saturated carbocycles. The van der Waals surface area contributed by atoms with E-state index in [4.69, 9.17) is 15.2 Å². The predicted octanol–water partition coefficient (Wildman–Crippen LogP) is 3.26. The predicted molar refractivity (Wildman–Crippen MR) is 113 cm³/mol. The van der Waals surface area contributed by atoms with Gasteiger partial charge in [0.2, 0.25) is 11.8 Å². The lowest BCUT2D eigenvalue weighted by molar-refractivity contribution is -0.117. The van der Waals surface area contributed by atoms with Crippen LogP contribution in [0, 0.1) is 0 Å². The van der Waals surface area contributed by atoms with Gasteiger partial charge in [0.05, 0.1) is 19.3 Å².